The molecule has 47 heavy (non-hydrogen) atoms. The Balaban J connectivity index is 1.63. The minimum Gasteiger partial charge on any atom is -0.466 e. The number of imidazole rings is 1. The lowest BCUT2D eigenvalue weighted by Gasteiger charge is -2.39. The van der Waals surface area contributed by atoms with E-state index in [1.807, 2.05) is 24.3 Å². The number of likely N-dealkylation sites (tertiary alicyclic amines) is 1. The van der Waals surface area contributed by atoms with Gasteiger partial charge in [-0.3, -0.25) is 13.9 Å². The second-order valence-electron chi connectivity index (χ2n) is 15.1. The molecule has 11 heteroatoms. The van der Waals surface area contributed by atoms with Gasteiger partial charge in [-0.1, -0.05) is 44.2 Å². The van der Waals surface area contributed by atoms with Gasteiger partial charge in [-0.25, -0.2) is 19.3 Å². The maximum Gasteiger partial charge on any atom is 0.419 e. The third-order valence-corrected chi connectivity index (χ3v) is 8.97. The number of para-hydroxylation sites is 2. The number of nitrogens with zero attached hydrogens (tertiary/aromatic N) is 4. The van der Waals surface area contributed by atoms with E-state index in [2.05, 4.69) is 4.90 Å². The Morgan fingerprint density at radius 3 is 2.00 bits per heavy atom. The molecular weight excluding hydrogens is 600 g/mol. The molecule has 4 rings (SSSR count). The molecule has 1 saturated carbocycles. The Morgan fingerprint density at radius 1 is 0.851 bits per heavy atom. The van der Waals surface area contributed by atoms with Crippen LogP contribution in [0, 0.1) is 11.8 Å². The van der Waals surface area contributed by atoms with Crippen LogP contribution in [0.15, 0.2) is 29.1 Å². The Labute approximate surface area is 279 Å². The first-order valence-corrected chi connectivity index (χ1v) is 17.5. The number of esters is 1. The predicted molar refractivity (Wildman–Crippen MR) is 181 cm³/mol. The fourth-order valence-electron chi connectivity index (χ4n) is 6.91. The number of hydrogen-bond acceptors (Lipinski definition) is 8. The van der Waals surface area contributed by atoms with Gasteiger partial charge in [0.1, 0.15) is 11.2 Å². The van der Waals surface area contributed by atoms with Gasteiger partial charge in [-0.2, -0.15) is 0 Å². The topological polar surface area (TPSA) is 112 Å². The molecular formula is C36H56N4O7. The summed E-state index contributed by atoms with van der Waals surface area (Å²) in [5.41, 5.74) is -0.614. The van der Waals surface area contributed by atoms with Crippen LogP contribution in [-0.2, 0) is 25.5 Å². The molecule has 2 fully saturated rings. The van der Waals surface area contributed by atoms with E-state index < -0.39 is 35.3 Å². The van der Waals surface area contributed by atoms with Crippen molar-refractivity contribution in [3.05, 3.63) is 34.7 Å². The molecule has 0 radical (unpaired) electrons. The summed E-state index contributed by atoms with van der Waals surface area (Å²) >= 11 is 0. The average Bonchev–Trinajstić information content (AvgIpc) is 3.23. The third kappa shape index (κ3) is 9.84. The van der Waals surface area contributed by atoms with E-state index in [-0.39, 0.29) is 31.4 Å². The fourth-order valence-corrected chi connectivity index (χ4v) is 6.91. The van der Waals surface area contributed by atoms with Gasteiger partial charge in [0.15, 0.2) is 0 Å². The Bertz CT molecular complexity index is 1400. The number of ether oxygens (including phenoxy) is 3. The van der Waals surface area contributed by atoms with E-state index in [1.54, 1.807) is 57.6 Å². The maximum absolute atomic E-state index is 14.3. The van der Waals surface area contributed by atoms with Crippen LogP contribution in [0.1, 0.15) is 106 Å². The number of aromatic nitrogens is 2. The number of carbonyl (C=O) groups is 3. The first-order chi connectivity index (χ1) is 22.2. The Kier molecular flexibility index (Phi) is 12.2. The van der Waals surface area contributed by atoms with E-state index >= 15 is 0 Å². The largest absolute Gasteiger partial charge is 0.466 e. The highest BCUT2D eigenvalue weighted by Crippen LogP contribution is 2.33. The van der Waals surface area contributed by atoms with Gasteiger partial charge in [0.2, 0.25) is 0 Å². The zero-order valence-corrected chi connectivity index (χ0v) is 29.6. The van der Waals surface area contributed by atoms with Crippen LogP contribution in [0.3, 0.4) is 0 Å². The number of piperidine rings is 1. The van der Waals surface area contributed by atoms with E-state index in [1.165, 1.54) is 44.9 Å². The van der Waals surface area contributed by atoms with Crippen LogP contribution >= 0.6 is 0 Å². The van der Waals surface area contributed by atoms with Gasteiger partial charge >= 0.3 is 23.8 Å². The van der Waals surface area contributed by atoms with Crippen molar-refractivity contribution in [2.24, 2.45) is 11.8 Å². The molecule has 2 aliphatic rings. The van der Waals surface area contributed by atoms with Gasteiger partial charge in [0.25, 0.3) is 0 Å². The van der Waals surface area contributed by atoms with Crippen LogP contribution in [0.25, 0.3) is 11.0 Å². The number of imide groups is 1. The lowest BCUT2D eigenvalue weighted by atomic mass is 9.88. The molecule has 0 spiro atoms. The summed E-state index contributed by atoms with van der Waals surface area (Å²) in [6.07, 6.45) is 7.82. The highest BCUT2D eigenvalue weighted by atomic mass is 16.6. The van der Waals surface area contributed by atoms with Crippen molar-refractivity contribution in [1.82, 2.24) is 18.9 Å². The summed E-state index contributed by atoms with van der Waals surface area (Å²) in [4.78, 5) is 57.4. The normalized spacial score (nSPS) is 20.3. The molecule has 1 aromatic carbocycles. The van der Waals surface area contributed by atoms with Gasteiger partial charge in [-0.15, -0.1) is 0 Å². The number of benzene rings is 1. The smallest absolute Gasteiger partial charge is 0.419 e. The first kappa shape index (κ1) is 36.5. The van der Waals surface area contributed by atoms with Crippen LogP contribution < -0.4 is 5.69 Å². The van der Waals surface area contributed by atoms with Crippen molar-refractivity contribution in [1.29, 1.82) is 0 Å². The van der Waals surface area contributed by atoms with Crippen molar-refractivity contribution in [3.63, 3.8) is 0 Å². The molecule has 0 unspecified atom stereocenters. The summed E-state index contributed by atoms with van der Waals surface area (Å²) in [6, 6.07) is 7.06. The Morgan fingerprint density at radius 2 is 1.43 bits per heavy atom. The minimum atomic E-state index is -0.845. The lowest BCUT2D eigenvalue weighted by Crippen LogP contribution is -2.48. The fraction of sp³-hybridized carbons (Fsp3) is 0.722. The SMILES string of the molecule is CCOC(=O)[C@@H]1CN(CC2CCCCCCC2)CC[C@@H]1n1c(=O)n(CCN(C(=O)OC(C)(C)C)C(=O)OC(C)(C)C)c2ccccc21. The number of fused-ring (bicyclic) bond motifs is 1. The molecule has 2 amide bonds. The minimum absolute atomic E-state index is 0.0232. The van der Waals surface area contributed by atoms with Crippen molar-refractivity contribution in [3.8, 4) is 0 Å². The summed E-state index contributed by atoms with van der Waals surface area (Å²) in [6.45, 7) is 14.6. The molecule has 1 saturated heterocycles. The van der Waals surface area contributed by atoms with Crippen molar-refractivity contribution in [2.45, 2.75) is 124 Å². The van der Waals surface area contributed by atoms with E-state index in [4.69, 9.17) is 14.2 Å². The maximum atomic E-state index is 14.3. The third-order valence-electron chi connectivity index (χ3n) is 8.97. The van der Waals surface area contributed by atoms with E-state index in [0.29, 0.717) is 29.9 Å². The molecule has 0 N–H and O–H groups in total. The van der Waals surface area contributed by atoms with E-state index in [0.717, 1.165) is 18.0 Å². The molecule has 1 aliphatic carbocycles. The molecule has 0 bridgehead atoms. The van der Waals surface area contributed by atoms with Crippen molar-refractivity contribution >= 4 is 29.2 Å². The second kappa shape index (κ2) is 15.7. The predicted octanol–water partition coefficient (Wildman–Crippen LogP) is 6.76. The number of amides is 2. The van der Waals surface area contributed by atoms with E-state index in [9.17, 15) is 19.2 Å². The van der Waals surface area contributed by atoms with Crippen molar-refractivity contribution < 1.29 is 28.6 Å². The number of carbonyl (C=O) groups excluding carboxylic acids is 3. The zero-order valence-electron chi connectivity index (χ0n) is 29.6. The number of rotatable bonds is 8. The number of hydrogen-bond donors (Lipinski definition) is 0. The van der Waals surface area contributed by atoms with Crippen LogP contribution in [-0.4, -0.2) is 81.1 Å². The monoisotopic (exact) mass is 656 g/mol. The van der Waals surface area contributed by atoms with Gasteiger partial charge in [-0.05, 0) is 85.8 Å². The van der Waals surface area contributed by atoms with Crippen molar-refractivity contribution in [2.75, 3.05) is 32.8 Å². The molecule has 2 aromatic rings. The standard InChI is InChI=1S/C36H56N4O7/c1-8-45-31(41)27-25-37(24-26-16-12-10-9-11-13-17-26)21-20-28(27)40-30-19-15-14-18-29(30)38(32(40)42)22-23-39(33(43)46-35(2,3)4)34(44)47-36(5,6)7/h14-15,18-19,26-28H,8-13,16-17,20-25H2,1-7H3/t27-,28+/m1/s1. The molecule has 262 valence electrons. The summed E-state index contributed by atoms with van der Waals surface area (Å²) < 4.78 is 19.9. The highest BCUT2D eigenvalue weighted by molar-refractivity contribution is 5.88. The average molecular weight is 657 g/mol. The van der Waals surface area contributed by atoms with Crippen LogP contribution in [0.2, 0.25) is 0 Å². The lowest BCUT2D eigenvalue weighted by molar-refractivity contribution is -0.152. The molecule has 1 aromatic heterocycles. The van der Waals surface area contributed by atoms with Crippen LogP contribution in [0.4, 0.5) is 9.59 Å². The molecule has 1 aliphatic heterocycles. The molecule has 2 heterocycles. The highest BCUT2D eigenvalue weighted by Gasteiger charge is 2.39. The summed E-state index contributed by atoms with van der Waals surface area (Å²) in [5, 5.41) is 0. The quantitative estimate of drug-likeness (QED) is 0.226. The molecule has 2 atom stereocenters. The Hall–Kier alpha value is -3.34. The second-order valence-corrected chi connectivity index (χ2v) is 15.1. The summed E-state index contributed by atoms with van der Waals surface area (Å²) in [5.74, 6) is -0.170. The van der Waals surface area contributed by atoms with Gasteiger partial charge < -0.3 is 19.1 Å². The molecule has 11 nitrogen and oxygen atoms in total. The van der Waals surface area contributed by atoms with Crippen LogP contribution in [0.5, 0.6) is 0 Å². The van der Waals surface area contributed by atoms with Gasteiger partial charge in [0, 0.05) is 26.2 Å². The first-order valence-electron chi connectivity index (χ1n) is 17.5. The van der Waals surface area contributed by atoms with Gasteiger partial charge in [0.05, 0.1) is 36.1 Å². The summed E-state index contributed by atoms with van der Waals surface area (Å²) in [7, 11) is 0. The zero-order chi connectivity index (χ0) is 34.4.